The van der Waals surface area contributed by atoms with Gasteiger partial charge in [-0.3, -0.25) is 4.79 Å². The molecule has 6 heteroatoms. The van der Waals surface area contributed by atoms with Crippen molar-refractivity contribution in [2.45, 2.75) is 6.42 Å². The second kappa shape index (κ2) is 6.13. The summed E-state index contributed by atoms with van der Waals surface area (Å²) in [6.07, 6.45) is 2.33. The molecule has 0 spiro atoms. The molecule has 4 N–H and O–H groups in total. The number of anilines is 1. The first-order valence-electron chi connectivity index (χ1n) is 5.51. The topological polar surface area (TPSA) is 80.0 Å². The van der Waals surface area contributed by atoms with E-state index in [2.05, 4.69) is 27.2 Å². The Morgan fingerprint density at radius 3 is 2.89 bits per heavy atom. The lowest BCUT2D eigenvalue weighted by Gasteiger charge is -2.05. The van der Waals surface area contributed by atoms with E-state index in [0.29, 0.717) is 17.9 Å². The monoisotopic (exact) mass is 262 g/mol. The van der Waals surface area contributed by atoms with E-state index in [0.717, 1.165) is 6.42 Å². The van der Waals surface area contributed by atoms with E-state index in [9.17, 15) is 4.79 Å². The maximum absolute atomic E-state index is 11.8. The van der Waals surface area contributed by atoms with Crippen molar-refractivity contribution in [3.05, 3.63) is 46.3 Å². The van der Waals surface area contributed by atoms with Gasteiger partial charge in [-0.1, -0.05) is 0 Å². The third kappa shape index (κ3) is 3.28. The van der Waals surface area contributed by atoms with Crippen molar-refractivity contribution in [2.75, 3.05) is 12.0 Å². The average Bonchev–Trinajstić information content (AvgIpc) is 2.92. The van der Waals surface area contributed by atoms with Gasteiger partial charge >= 0.3 is 0 Å². The molecule has 1 amide bonds. The number of carbonyl (C=O) groups is 1. The van der Waals surface area contributed by atoms with Crippen molar-refractivity contribution in [1.82, 2.24) is 10.3 Å². The van der Waals surface area contributed by atoms with Gasteiger partial charge in [0.1, 0.15) is 5.82 Å². The highest BCUT2D eigenvalue weighted by molar-refractivity contribution is 7.07. The van der Waals surface area contributed by atoms with E-state index >= 15 is 0 Å². The quantitative estimate of drug-likeness (QED) is 0.562. The Morgan fingerprint density at radius 1 is 1.39 bits per heavy atom. The molecule has 0 saturated carbocycles. The van der Waals surface area contributed by atoms with Gasteiger partial charge < -0.3 is 10.7 Å². The van der Waals surface area contributed by atoms with Crippen LogP contribution < -0.4 is 16.6 Å². The average molecular weight is 262 g/mol. The van der Waals surface area contributed by atoms with Crippen LogP contribution in [0.2, 0.25) is 0 Å². The summed E-state index contributed by atoms with van der Waals surface area (Å²) in [4.78, 5) is 15.8. The summed E-state index contributed by atoms with van der Waals surface area (Å²) in [5.41, 5.74) is 4.18. The van der Waals surface area contributed by atoms with Gasteiger partial charge in [0.2, 0.25) is 0 Å². The zero-order chi connectivity index (χ0) is 12.8. The number of thiophene rings is 1. The summed E-state index contributed by atoms with van der Waals surface area (Å²) in [6, 6.07) is 5.40. The summed E-state index contributed by atoms with van der Waals surface area (Å²) in [6.45, 7) is 0.618. The third-order valence-corrected chi connectivity index (χ3v) is 3.18. The van der Waals surface area contributed by atoms with Crippen molar-refractivity contribution in [2.24, 2.45) is 5.84 Å². The third-order valence-electron chi connectivity index (χ3n) is 2.45. The van der Waals surface area contributed by atoms with E-state index < -0.39 is 0 Å². The fourth-order valence-corrected chi connectivity index (χ4v) is 2.17. The van der Waals surface area contributed by atoms with Crippen LogP contribution >= 0.6 is 11.3 Å². The van der Waals surface area contributed by atoms with Crippen LogP contribution in [0.15, 0.2) is 35.2 Å². The molecule has 0 aromatic carbocycles. The summed E-state index contributed by atoms with van der Waals surface area (Å²) < 4.78 is 0. The molecule has 0 fully saturated rings. The Kier molecular flexibility index (Phi) is 4.27. The van der Waals surface area contributed by atoms with Crippen molar-refractivity contribution >= 4 is 23.1 Å². The number of hydrogen-bond donors (Lipinski definition) is 3. The van der Waals surface area contributed by atoms with Gasteiger partial charge in [0.25, 0.3) is 5.91 Å². The first kappa shape index (κ1) is 12.5. The zero-order valence-corrected chi connectivity index (χ0v) is 10.5. The Morgan fingerprint density at radius 2 is 2.28 bits per heavy atom. The number of pyridine rings is 1. The maximum Gasteiger partial charge on any atom is 0.252 e. The molecule has 0 unspecified atom stereocenters. The van der Waals surface area contributed by atoms with Crippen molar-refractivity contribution in [3.63, 3.8) is 0 Å². The van der Waals surface area contributed by atoms with Crippen molar-refractivity contribution < 1.29 is 4.79 Å². The zero-order valence-electron chi connectivity index (χ0n) is 9.72. The summed E-state index contributed by atoms with van der Waals surface area (Å²) in [5.74, 6) is 5.61. The van der Waals surface area contributed by atoms with Crippen LogP contribution in [-0.2, 0) is 6.42 Å². The van der Waals surface area contributed by atoms with E-state index in [1.165, 1.54) is 11.8 Å². The molecular weight excluding hydrogens is 248 g/mol. The molecule has 18 heavy (non-hydrogen) atoms. The molecule has 2 heterocycles. The van der Waals surface area contributed by atoms with Crippen molar-refractivity contribution in [3.8, 4) is 0 Å². The highest BCUT2D eigenvalue weighted by Crippen LogP contribution is 2.06. The Balaban J connectivity index is 1.83. The first-order chi connectivity index (χ1) is 8.79. The minimum absolute atomic E-state index is 0.124. The maximum atomic E-state index is 11.8. The fourth-order valence-electron chi connectivity index (χ4n) is 1.47. The summed E-state index contributed by atoms with van der Waals surface area (Å²) in [7, 11) is 0. The molecule has 0 radical (unpaired) electrons. The molecule has 0 aliphatic rings. The first-order valence-corrected chi connectivity index (χ1v) is 6.46. The molecule has 94 valence electrons. The predicted octanol–water partition coefficient (Wildman–Crippen LogP) is 1.40. The highest BCUT2D eigenvalue weighted by atomic mass is 32.1. The Hall–Kier alpha value is -1.92. The number of amides is 1. The van der Waals surface area contributed by atoms with Gasteiger partial charge in [-0.2, -0.15) is 11.3 Å². The smallest absolute Gasteiger partial charge is 0.252 e. The molecule has 0 bridgehead atoms. The van der Waals surface area contributed by atoms with Crippen molar-refractivity contribution in [1.29, 1.82) is 0 Å². The molecule has 0 aliphatic heterocycles. The number of rotatable bonds is 5. The predicted molar refractivity (Wildman–Crippen MR) is 72.4 cm³/mol. The van der Waals surface area contributed by atoms with E-state index in [1.54, 1.807) is 23.5 Å². The van der Waals surface area contributed by atoms with E-state index in [-0.39, 0.29) is 5.91 Å². The molecule has 2 aromatic heterocycles. The number of hydrazine groups is 1. The van der Waals surface area contributed by atoms with Crippen LogP contribution in [0, 0.1) is 0 Å². The van der Waals surface area contributed by atoms with Crippen LogP contribution in [-0.4, -0.2) is 17.4 Å². The number of nitrogens with two attached hydrogens (primary N) is 1. The molecule has 0 saturated heterocycles. The number of nitrogens with zero attached hydrogens (tertiary/aromatic N) is 1. The minimum Gasteiger partial charge on any atom is -0.352 e. The fraction of sp³-hybridized carbons (Fsp3) is 0.167. The lowest BCUT2D eigenvalue weighted by Crippen LogP contribution is -2.25. The van der Waals surface area contributed by atoms with Crippen LogP contribution in [0.5, 0.6) is 0 Å². The molecule has 2 aromatic rings. The number of carbonyl (C=O) groups excluding carboxylic acids is 1. The van der Waals surface area contributed by atoms with Crippen LogP contribution in [0.1, 0.15) is 15.9 Å². The second-order valence-corrected chi connectivity index (χ2v) is 4.49. The largest absolute Gasteiger partial charge is 0.352 e. The van der Waals surface area contributed by atoms with Crippen LogP contribution in [0.25, 0.3) is 0 Å². The van der Waals surface area contributed by atoms with E-state index in [1.807, 2.05) is 5.38 Å². The Labute approximate surface area is 109 Å². The minimum atomic E-state index is -0.124. The normalized spacial score (nSPS) is 10.1. The molecule has 5 nitrogen and oxygen atoms in total. The molecular formula is C12H14N4OS. The SMILES string of the molecule is NNc1ccc(C(=O)NCCc2ccsc2)cn1. The van der Waals surface area contributed by atoms with Gasteiger partial charge in [0, 0.05) is 12.7 Å². The lowest BCUT2D eigenvalue weighted by molar-refractivity contribution is 0.0954. The number of aromatic nitrogens is 1. The number of nitrogen functional groups attached to an aromatic ring is 1. The summed E-state index contributed by atoms with van der Waals surface area (Å²) >= 11 is 1.66. The van der Waals surface area contributed by atoms with E-state index in [4.69, 9.17) is 5.84 Å². The standard InChI is InChI=1S/C12H14N4OS/c13-16-11-2-1-10(7-15-11)12(17)14-5-3-9-4-6-18-8-9/h1-2,4,6-8H,3,5,13H2,(H,14,17)(H,15,16). The van der Waals surface area contributed by atoms with Gasteiger partial charge in [0.15, 0.2) is 0 Å². The molecule has 0 atom stereocenters. The van der Waals surface area contributed by atoms with Crippen LogP contribution in [0.3, 0.4) is 0 Å². The molecule has 2 rings (SSSR count). The number of hydrogen-bond acceptors (Lipinski definition) is 5. The van der Waals surface area contributed by atoms with Gasteiger partial charge in [0.05, 0.1) is 5.56 Å². The lowest BCUT2D eigenvalue weighted by atomic mass is 10.2. The second-order valence-electron chi connectivity index (χ2n) is 3.71. The summed E-state index contributed by atoms with van der Waals surface area (Å²) in [5, 5.41) is 6.95. The number of nitrogens with one attached hydrogen (secondary N) is 2. The van der Waals surface area contributed by atoms with Gasteiger partial charge in [-0.15, -0.1) is 0 Å². The Bertz CT molecular complexity index is 495. The van der Waals surface area contributed by atoms with Gasteiger partial charge in [-0.05, 0) is 40.9 Å². The van der Waals surface area contributed by atoms with Gasteiger partial charge in [-0.25, -0.2) is 10.8 Å². The molecule has 0 aliphatic carbocycles. The van der Waals surface area contributed by atoms with Crippen LogP contribution in [0.4, 0.5) is 5.82 Å². The highest BCUT2D eigenvalue weighted by Gasteiger charge is 2.05.